The lowest BCUT2D eigenvalue weighted by Gasteiger charge is -2.30. The highest BCUT2D eigenvalue weighted by atomic mass is 32.2. The monoisotopic (exact) mass is 340 g/mol. The van der Waals surface area contributed by atoms with E-state index < -0.39 is 21.9 Å². The van der Waals surface area contributed by atoms with E-state index in [-0.39, 0.29) is 23.8 Å². The first kappa shape index (κ1) is 17.4. The third kappa shape index (κ3) is 4.29. The predicted molar refractivity (Wildman–Crippen MR) is 85.8 cm³/mol. The number of carboxylic acid groups (broad SMARTS) is 1. The molecule has 1 saturated heterocycles. The standard InChI is InChI=1S/C15H20N2O5S/c1-2-23(21,22)17-8-4-6-12(10-17)14(18)16-13-7-3-5-11(9-13)15(19)20/h3,5,7,9,12H,2,4,6,8,10H2,1H3,(H,16,18)(H,19,20). The molecule has 1 fully saturated rings. The summed E-state index contributed by atoms with van der Waals surface area (Å²) in [7, 11) is -3.30. The Bertz CT molecular complexity index is 702. The molecule has 1 aromatic rings. The van der Waals surface area contributed by atoms with Gasteiger partial charge in [0.25, 0.3) is 0 Å². The van der Waals surface area contributed by atoms with Crippen molar-refractivity contribution in [3.05, 3.63) is 29.8 Å². The highest BCUT2D eigenvalue weighted by molar-refractivity contribution is 7.89. The van der Waals surface area contributed by atoms with E-state index in [0.717, 1.165) is 0 Å². The molecule has 1 aliphatic rings. The number of aromatic carboxylic acids is 1. The van der Waals surface area contributed by atoms with Crippen LogP contribution in [0.1, 0.15) is 30.1 Å². The van der Waals surface area contributed by atoms with E-state index in [2.05, 4.69) is 5.32 Å². The Morgan fingerprint density at radius 1 is 1.39 bits per heavy atom. The number of hydrogen-bond donors (Lipinski definition) is 2. The molecule has 1 unspecified atom stereocenters. The minimum atomic E-state index is -3.30. The minimum Gasteiger partial charge on any atom is -0.478 e. The zero-order valence-electron chi connectivity index (χ0n) is 12.9. The third-order valence-electron chi connectivity index (χ3n) is 3.89. The van der Waals surface area contributed by atoms with Crippen molar-refractivity contribution in [2.45, 2.75) is 19.8 Å². The molecule has 2 N–H and O–H groups in total. The number of nitrogens with zero attached hydrogens (tertiary/aromatic N) is 1. The largest absolute Gasteiger partial charge is 0.478 e. The predicted octanol–water partition coefficient (Wildman–Crippen LogP) is 1.38. The molecule has 1 heterocycles. The summed E-state index contributed by atoms with van der Waals surface area (Å²) in [6, 6.07) is 5.97. The van der Waals surface area contributed by atoms with Gasteiger partial charge >= 0.3 is 5.97 Å². The SMILES string of the molecule is CCS(=O)(=O)N1CCCC(C(=O)Nc2cccc(C(=O)O)c2)C1. The van der Waals surface area contributed by atoms with Crippen molar-refractivity contribution in [3.63, 3.8) is 0 Å². The van der Waals surface area contributed by atoms with Crippen LogP contribution in [-0.2, 0) is 14.8 Å². The van der Waals surface area contributed by atoms with E-state index in [4.69, 9.17) is 5.11 Å². The van der Waals surface area contributed by atoms with Crippen LogP contribution in [0.15, 0.2) is 24.3 Å². The molecule has 0 radical (unpaired) electrons. The van der Waals surface area contributed by atoms with Crippen molar-refractivity contribution in [2.24, 2.45) is 5.92 Å². The Morgan fingerprint density at radius 2 is 2.13 bits per heavy atom. The number of benzene rings is 1. The van der Waals surface area contributed by atoms with Crippen molar-refractivity contribution in [1.29, 1.82) is 0 Å². The Morgan fingerprint density at radius 3 is 2.78 bits per heavy atom. The van der Waals surface area contributed by atoms with Gasteiger partial charge in [0.1, 0.15) is 0 Å². The van der Waals surface area contributed by atoms with E-state index in [1.165, 1.54) is 16.4 Å². The normalized spacial score (nSPS) is 19.3. The van der Waals surface area contributed by atoms with Gasteiger partial charge in [0.05, 0.1) is 17.2 Å². The van der Waals surface area contributed by atoms with E-state index in [1.54, 1.807) is 19.1 Å². The first-order valence-electron chi connectivity index (χ1n) is 7.45. The number of hydrogen-bond acceptors (Lipinski definition) is 4. The Kier molecular flexibility index (Phi) is 5.38. The molecular weight excluding hydrogens is 320 g/mol. The van der Waals surface area contributed by atoms with Crippen LogP contribution in [0.2, 0.25) is 0 Å². The van der Waals surface area contributed by atoms with Crippen LogP contribution >= 0.6 is 0 Å². The highest BCUT2D eigenvalue weighted by Gasteiger charge is 2.31. The highest BCUT2D eigenvalue weighted by Crippen LogP contribution is 2.21. The average molecular weight is 340 g/mol. The van der Waals surface area contributed by atoms with Crippen LogP contribution in [0.25, 0.3) is 0 Å². The van der Waals surface area contributed by atoms with E-state index in [1.807, 2.05) is 0 Å². The number of anilines is 1. The summed E-state index contributed by atoms with van der Waals surface area (Å²) in [5, 5.41) is 11.6. The number of amides is 1. The Labute approximate surface area is 135 Å². The van der Waals surface area contributed by atoms with Gasteiger partial charge in [0.2, 0.25) is 15.9 Å². The molecule has 1 atom stereocenters. The van der Waals surface area contributed by atoms with Crippen molar-refractivity contribution < 1.29 is 23.1 Å². The average Bonchev–Trinajstić information content (AvgIpc) is 2.55. The van der Waals surface area contributed by atoms with Crippen LogP contribution in [0.3, 0.4) is 0 Å². The summed E-state index contributed by atoms with van der Waals surface area (Å²) < 4.78 is 25.2. The zero-order valence-corrected chi connectivity index (χ0v) is 13.7. The van der Waals surface area contributed by atoms with E-state index in [0.29, 0.717) is 25.1 Å². The van der Waals surface area contributed by atoms with Gasteiger partial charge in [-0.05, 0) is 38.0 Å². The fraction of sp³-hybridized carbons (Fsp3) is 0.467. The molecule has 23 heavy (non-hydrogen) atoms. The molecule has 0 aromatic heterocycles. The topological polar surface area (TPSA) is 104 Å². The molecule has 0 bridgehead atoms. The van der Waals surface area contributed by atoms with E-state index >= 15 is 0 Å². The minimum absolute atomic E-state index is 0.0159. The van der Waals surface area contributed by atoms with Gasteiger partial charge in [-0.25, -0.2) is 17.5 Å². The van der Waals surface area contributed by atoms with E-state index in [9.17, 15) is 18.0 Å². The van der Waals surface area contributed by atoms with Crippen LogP contribution in [0.4, 0.5) is 5.69 Å². The van der Waals surface area contributed by atoms with Crippen LogP contribution in [-0.4, -0.2) is 48.5 Å². The van der Waals surface area contributed by atoms with Crippen molar-refractivity contribution in [1.82, 2.24) is 4.31 Å². The van der Waals surface area contributed by atoms with Crippen LogP contribution in [0, 0.1) is 5.92 Å². The summed E-state index contributed by atoms with van der Waals surface area (Å²) in [6.45, 7) is 2.19. The maximum absolute atomic E-state index is 12.3. The summed E-state index contributed by atoms with van der Waals surface area (Å²) in [5.74, 6) is -1.77. The molecule has 126 valence electrons. The lowest BCUT2D eigenvalue weighted by atomic mass is 9.98. The summed E-state index contributed by atoms with van der Waals surface area (Å²) in [4.78, 5) is 23.3. The Balaban J connectivity index is 2.06. The second kappa shape index (κ2) is 7.10. The molecule has 7 nitrogen and oxygen atoms in total. The lowest BCUT2D eigenvalue weighted by Crippen LogP contribution is -2.44. The maximum atomic E-state index is 12.3. The van der Waals surface area contributed by atoms with Gasteiger partial charge in [0, 0.05) is 18.8 Å². The molecule has 1 aromatic carbocycles. The van der Waals surface area contributed by atoms with Gasteiger partial charge in [-0.15, -0.1) is 0 Å². The smallest absolute Gasteiger partial charge is 0.335 e. The fourth-order valence-corrected chi connectivity index (χ4v) is 3.75. The second-order valence-electron chi connectivity index (χ2n) is 5.47. The Hall–Kier alpha value is -1.93. The number of carboxylic acids is 1. The number of carbonyl (C=O) groups is 2. The number of piperidine rings is 1. The van der Waals surface area contributed by atoms with Gasteiger partial charge < -0.3 is 10.4 Å². The molecule has 8 heteroatoms. The third-order valence-corrected chi connectivity index (χ3v) is 5.74. The molecule has 2 rings (SSSR count). The molecule has 0 aliphatic carbocycles. The maximum Gasteiger partial charge on any atom is 0.335 e. The van der Waals surface area contributed by atoms with Gasteiger partial charge in [-0.3, -0.25) is 4.79 Å². The summed E-state index contributed by atoms with van der Waals surface area (Å²) in [6.07, 6.45) is 1.24. The number of nitrogens with one attached hydrogen (secondary N) is 1. The molecule has 1 aliphatic heterocycles. The van der Waals surface area contributed by atoms with Crippen molar-refractivity contribution >= 4 is 27.6 Å². The zero-order chi connectivity index (χ0) is 17.0. The lowest BCUT2D eigenvalue weighted by molar-refractivity contribution is -0.120. The van der Waals surface area contributed by atoms with Crippen molar-refractivity contribution in [2.75, 3.05) is 24.2 Å². The number of carbonyl (C=O) groups excluding carboxylic acids is 1. The molecular formula is C15H20N2O5S. The van der Waals surface area contributed by atoms with Gasteiger partial charge in [0.15, 0.2) is 0 Å². The first-order valence-corrected chi connectivity index (χ1v) is 9.06. The summed E-state index contributed by atoms with van der Waals surface area (Å²) in [5.41, 5.74) is 0.479. The van der Waals surface area contributed by atoms with Gasteiger partial charge in [-0.1, -0.05) is 6.07 Å². The van der Waals surface area contributed by atoms with Gasteiger partial charge in [-0.2, -0.15) is 0 Å². The quantitative estimate of drug-likeness (QED) is 0.843. The first-order chi connectivity index (χ1) is 10.8. The summed E-state index contributed by atoms with van der Waals surface area (Å²) >= 11 is 0. The molecule has 1 amide bonds. The van der Waals surface area contributed by atoms with Crippen molar-refractivity contribution in [3.8, 4) is 0 Å². The fourth-order valence-electron chi connectivity index (χ4n) is 2.57. The van der Waals surface area contributed by atoms with Crippen LogP contribution in [0.5, 0.6) is 0 Å². The number of rotatable bonds is 5. The molecule has 0 saturated carbocycles. The van der Waals surface area contributed by atoms with Crippen LogP contribution < -0.4 is 5.32 Å². The second-order valence-corrected chi connectivity index (χ2v) is 7.73. The number of sulfonamides is 1. The molecule has 0 spiro atoms.